The van der Waals surface area contributed by atoms with Crippen molar-refractivity contribution < 1.29 is 17.9 Å². The van der Waals surface area contributed by atoms with Gasteiger partial charge in [0.05, 0.1) is 23.6 Å². The molecule has 0 amide bonds. The molecule has 0 fully saturated rings. The van der Waals surface area contributed by atoms with E-state index in [-0.39, 0.29) is 17.5 Å². The van der Waals surface area contributed by atoms with Crippen LogP contribution in [0.2, 0.25) is 5.02 Å². The molecule has 3 aromatic carbocycles. The Bertz CT molecular complexity index is 1110. The van der Waals surface area contributed by atoms with Gasteiger partial charge in [-0.15, -0.1) is 0 Å². The van der Waals surface area contributed by atoms with Gasteiger partial charge in [-0.3, -0.25) is 0 Å². The quantitative estimate of drug-likeness (QED) is 0.421. The Morgan fingerprint density at radius 2 is 1.58 bits per heavy atom. The van der Waals surface area contributed by atoms with E-state index in [1.165, 1.54) is 11.4 Å². The van der Waals surface area contributed by atoms with E-state index in [9.17, 15) is 13.2 Å². The molecule has 0 spiro atoms. The van der Waals surface area contributed by atoms with Gasteiger partial charge in [0, 0.05) is 11.6 Å². The van der Waals surface area contributed by atoms with Gasteiger partial charge in [-0.25, -0.2) is 13.2 Å². The summed E-state index contributed by atoms with van der Waals surface area (Å²) in [6.07, 6.45) is 0.577. The Morgan fingerprint density at radius 1 is 0.968 bits per heavy atom. The van der Waals surface area contributed by atoms with Crippen molar-refractivity contribution in [2.45, 2.75) is 30.8 Å². The Labute approximate surface area is 188 Å². The highest BCUT2D eigenvalue weighted by molar-refractivity contribution is 7.89. The number of rotatable bonds is 8. The molecule has 0 radical (unpaired) electrons. The number of ether oxygens (including phenoxy) is 1. The zero-order valence-corrected chi connectivity index (χ0v) is 18.9. The van der Waals surface area contributed by atoms with Crippen molar-refractivity contribution in [2.75, 3.05) is 7.11 Å². The number of carbonyl (C=O) groups is 1. The number of hydrogen-bond acceptors (Lipinski definition) is 4. The number of carbonyl (C=O) groups excluding carboxylic acids is 1. The lowest BCUT2D eigenvalue weighted by Crippen LogP contribution is -2.34. The van der Waals surface area contributed by atoms with Crippen LogP contribution < -0.4 is 0 Å². The minimum atomic E-state index is -3.79. The fourth-order valence-corrected chi connectivity index (χ4v) is 5.25. The van der Waals surface area contributed by atoms with Crippen molar-refractivity contribution in [2.24, 2.45) is 0 Å². The fraction of sp³-hybridized carbons (Fsp3) is 0.208. The number of esters is 1. The average molecular weight is 458 g/mol. The van der Waals surface area contributed by atoms with E-state index in [1.807, 2.05) is 19.1 Å². The van der Waals surface area contributed by atoms with E-state index in [0.29, 0.717) is 17.0 Å². The van der Waals surface area contributed by atoms with Crippen LogP contribution in [0.3, 0.4) is 0 Å². The van der Waals surface area contributed by atoms with Gasteiger partial charge in [-0.1, -0.05) is 61.0 Å². The van der Waals surface area contributed by atoms with E-state index in [1.54, 1.807) is 66.7 Å². The van der Waals surface area contributed by atoms with Crippen LogP contribution in [0, 0.1) is 0 Å². The maximum Gasteiger partial charge on any atom is 0.337 e. The largest absolute Gasteiger partial charge is 0.465 e. The van der Waals surface area contributed by atoms with Crippen LogP contribution in [0.1, 0.15) is 40.9 Å². The van der Waals surface area contributed by atoms with Crippen LogP contribution in [0.5, 0.6) is 0 Å². The van der Waals surface area contributed by atoms with E-state index in [4.69, 9.17) is 16.3 Å². The first kappa shape index (κ1) is 23.0. The number of methoxy groups -OCH3 is 1. The van der Waals surface area contributed by atoms with Crippen molar-refractivity contribution in [3.8, 4) is 0 Å². The molecule has 0 bridgehead atoms. The van der Waals surface area contributed by atoms with Crippen LogP contribution in [-0.4, -0.2) is 25.8 Å². The monoisotopic (exact) mass is 457 g/mol. The van der Waals surface area contributed by atoms with Crippen molar-refractivity contribution >= 4 is 27.6 Å². The van der Waals surface area contributed by atoms with Gasteiger partial charge in [-0.05, 0) is 53.9 Å². The summed E-state index contributed by atoms with van der Waals surface area (Å²) in [7, 11) is -2.47. The van der Waals surface area contributed by atoms with Crippen LogP contribution >= 0.6 is 11.6 Å². The highest BCUT2D eigenvalue weighted by Gasteiger charge is 2.31. The number of sulfonamides is 1. The van der Waals surface area contributed by atoms with Crippen LogP contribution in [-0.2, 0) is 21.3 Å². The summed E-state index contributed by atoms with van der Waals surface area (Å²) >= 11 is 6.04. The number of halogens is 1. The first-order valence-electron chi connectivity index (χ1n) is 9.86. The molecule has 0 N–H and O–H groups in total. The third-order valence-corrected chi connectivity index (χ3v) is 7.17. The summed E-state index contributed by atoms with van der Waals surface area (Å²) < 4.78 is 33.5. The maximum atomic E-state index is 13.6. The fourth-order valence-electron chi connectivity index (χ4n) is 3.43. The Morgan fingerprint density at radius 3 is 2.13 bits per heavy atom. The van der Waals surface area contributed by atoms with Crippen molar-refractivity contribution in [3.05, 3.63) is 101 Å². The normalized spacial score (nSPS) is 12.5. The van der Waals surface area contributed by atoms with Gasteiger partial charge in [0.2, 0.25) is 10.0 Å². The number of hydrogen-bond donors (Lipinski definition) is 0. The second-order valence-electron chi connectivity index (χ2n) is 7.03. The molecular weight excluding hydrogens is 434 g/mol. The Kier molecular flexibility index (Phi) is 7.49. The lowest BCUT2D eigenvalue weighted by atomic mass is 10.0. The smallest absolute Gasteiger partial charge is 0.337 e. The molecule has 1 atom stereocenters. The van der Waals surface area contributed by atoms with Gasteiger partial charge in [-0.2, -0.15) is 4.31 Å². The molecule has 0 heterocycles. The van der Waals surface area contributed by atoms with Crippen LogP contribution in [0.15, 0.2) is 83.8 Å². The summed E-state index contributed by atoms with van der Waals surface area (Å²) in [6.45, 7) is 2.10. The first-order valence-corrected chi connectivity index (χ1v) is 11.7. The van der Waals surface area contributed by atoms with E-state index < -0.39 is 16.0 Å². The lowest BCUT2D eigenvalue weighted by molar-refractivity contribution is 0.0600. The average Bonchev–Trinajstić information content (AvgIpc) is 2.80. The lowest BCUT2D eigenvalue weighted by Gasteiger charge is -2.31. The number of benzene rings is 3. The molecule has 0 saturated carbocycles. The zero-order valence-electron chi connectivity index (χ0n) is 17.4. The molecule has 162 valence electrons. The molecule has 7 heteroatoms. The first-order chi connectivity index (χ1) is 14.9. The highest BCUT2D eigenvalue weighted by atomic mass is 35.5. The Hall–Kier alpha value is -2.67. The third kappa shape index (κ3) is 5.34. The standard InChI is InChI=1S/C24H24ClNO4S/c1-3-23(19-13-15-21(25)16-14-19)26(31(28,29)22-7-5-4-6-8-22)17-18-9-11-20(12-10-18)24(27)30-2/h4-16,23H,3,17H2,1-2H3/t23-/m0/s1. The van der Waals surface area contributed by atoms with Gasteiger partial charge in [0.1, 0.15) is 0 Å². The molecular formula is C24H24ClNO4S. The van der Waals surface area contributed by atoms with Gasteiger partial charge >= 0.3 is 5.97 Å². The minimum Gasteiger partial charge on any atom is -0.465 e. The second-order valence-corrected chi connectivity index (χ2v) is 9.35. The summed E-state index contributed by atoms with van der Waals surface area (Å²) in [5, 5.41) is 0.592. The van der Waals surface area contributed by atoms with E-state index in [2.05, 4.69) is 0 Å². The van der Waals surface area contributed by atoms with Gasteiger partial charge in [0.15, 0.2) is 0 Å². The predicted octanol–water partition coefficient (Wildman–Crippen LogP) is 5.47. The van der Waals surface area contributed by atoms with Crippen LogP contribution in [0.4, 0.5) is 0 Å². The summed E-state index contributed by atoms with van der Waals surface area (Å²) in [5.74, 6) is -0.437. The topological polar surface area (TPSA) is 63.7 Å². The van der Waals surface area contributed by atoms with E-state index >= 15 is 0 Å². The molecule has 3 aromatic rings. The van der Waals surface area contributed by atoms with Crippen LogP contribution in [0.25, 0.3) is 0 Å². The summed E-state index contributed by atoms with van der Waals surface area (Å²) in [6, 6.07) is 22.0. The van der Waals surface area contributed by atoms with Crippen molar-refractivity contribution in [3.63, 3.8) is 0 Å². The minimum absolute atomic E-state index is 0.153. The molecule has 31 heavy (non-hydrogen) atoms. The molecule has 0 unspecified atom stereocenters. The SMILES string of the molecule is CC[C@@H](c1ccc(Cl)cc1)N(Cc1ccc(C(=O)OC)cc1)S(=O)(=O)c1ccccc1. The number of nitrogens with zero attached hydrogens (tertiary/aromatic N) is 1. The molecule has 0 aromatic heterocycles. The molecule has 3 rings (SSSR count). The summed E-state index contributed by atoms with van der Waals surface area (Å²) in [4.78, 5) is 11.9. The van der Waals surface area contributed by atoms with Gasteiger partial charge < -0.3 is 4.74 Å². The molecule has 0 aliphatic heterocycles. The van der Waals surface area contributed by atoms with Crippen molar-refractivity contribution in [1.29, 1.82) is 0 Å². The Balaban J connectivity index is 2.03. The predicted molar refractivity (Wildman–Crippen MR) is 121 cm³/mol. The molecule has 0 aliphatic carbocycles. The van der Waals surface area contributed by atoms with E-state index in [0.717, 1.165) is 11.1 Å². The third-order valence-electron chi connectivity index (χ3n) is 5.05. The maximum absolute atomic E-state index is 13.6. The summed E-state index contributed by atoms with van der Waals surface area (Å²) in [5.41, 5.74) is 2.03. The second kappa shape index (κ2) is 10.1. The van der Waals surface area contributed by atoms with Gasteiger partial charge in [0.25, 0.3) is 0 Å². The molecule has 0 saturated heterocycles. The highest BCUT2D eigenvalue weighted by Crippen LogP contribution is 2.32. The van der Waals surface area contributed by atoms with Crippen molar-refractivity contribution in [1.82, 2.24) is 4.31 Å². The molecule has 5 nitrogen and oxygen atoms in total. The molecule has 0 aliphatic rings. The zero-order chi connectivity index (χ0) is 22.4.